The van der Waals surface area contributed by atoms with E-state index in [1.54, 1.807) is 12.4 Å². The van der Waals surface area contributed by atoms with Crippen LogP contribution in [0.4, 0.5) is 0 Å². The molecule has 2 aromatic rings. The van der Waals surface area contributed by atoms with Crippen molar-refractivity contribution in [2.75, 3.05) is 0 Å². The van der Waals surface area contributed by atoms with Crippen molar-refractivity contribution in [1.29, 1.82) is 0 Å². The third-order valence-corrected chi connectivity index (χ3v) is 4.04. The molecule has 0 aliphatic carbocycles. The van der Waals surface area contributed by atoms with Gasteiger partial charge in [-0.05, 0) is 43.9 Å². The molecule has 0 spiro atoms. The highest BCUT2D eigenvalue weighted by molar-refractivity contribution is 6.31. The molecule has 1 atom stereocenters. The van der Waals surface area contributed by atoms with Crippen LogP contribution in [0.15, 0.2) is 18.5 Å². The molecule has 1 unspecified atom stereocenters. The van der Waals surface area contributed by atoms with Gasteiger partial charge in [0.15, 0.2) is 0 Å². The quantitative estimate of drug-likeness (QED) is 0.922. The van der Waals surface area contributed by atoms with Gasteiger partial charge in [-0.15, -0.1) is 0 Å². The van der Waals surface area contributed by atoms with Gasteiger partial charge in [-0.3, -0.25) is 9.67 Å². The highest BCUT2D eigenvalue weighted by Gasteiger charge is 2.14. The van der Waals surface area contributed by atoms with Crippen LogP contribution in [0.3, 0.4) is 0 Å². The molecule has 0 saturated carbocycles. The lowest BCUT2D eigenvalue weighted by atomic mass is 10.0. The molecule has 20 heavy (non-hydrogen) atoms. The van der Waals surface area contributed by atoms with Crippen LogP contribution in [-0.4, -0.2) is 20.8 Å². The number of aryl methyl sites for hydroxylation is 1. The van der Waals surface area contributed by atoms with Crippen molar-refractivity contribution >= 4 is 11.6 Å². The van der Waals surface area contributed by atoms with Crippen molar-refractivity contribution in [2.45, 2.75) is 46.2 Å². The van der Waals surface area contributed by atoms with Gasteiger partial charge in [0.1, 0.15) is 0 Å². The van der Waals surface area contributed by atoms with Gasteiger partial charge in [-0.25, -0.2) is 0 Å². The summed E-state index contributed by atoms with van der Waals surface area (Å²) in [4.78, 5) is 4.00. The van der Waals surface area contributed by atoms with E-state index < -0.39 is 0 Å². The Hall–Kier alpha value is -1.39. The highest BCUT2D eigenvalue weighted by Crippen LogP contribution is 2.19. The van der Waals surface area contributed by atoms with Gasteiger partial charge in [0, 0.05) is 24.1 Å². The standard InChI is InChI=1S/C15H21ClN4/c1-4-13(17)7-14-10(2)19-20(11(14)3)9-12-5-6-18-8-15(12)16/h5-6,8,13H,4,7,9,17H2,1-3H3. The topological polar surface area (TPSA) is 56.7 Å². The first-order chi connectivity index (χ1) is 9.52. The molecule has 0 aliphatic rings. The van der Waals surface area contributed by atoms with E-state index in [2.05, 4.69) is 23.9 Å². The van der Waals surface area contributed by atoms with E-state index >= 15 is 0 Å². The van der Waals surface area contributed by atoms with Gasteiger partial charge in [-0.2, -0.15) is 5.10 Å². The molecule has 0 amide bonds. The van der Waals surface area contributed by atoms with Crippen molar-refractivity contribution in [2.24, 2.45) is 5.73 Å². The van der Waals surface area contributed by atoms with Crippen molar-refractivity contribution < 1.29 is 0 Å². The monoisotopic (exact) mass is 292 g/mol. The number of halogens is 1. The van der Waals surface area contributed by atoms with Crippen molar-refractivity contribution in [1.82, 2.24) is 14.8 Å². The molecule has 0 aromatic carbocycles. The predicted molar refractivity (Wildman–Crippen MR) is 82.0 cm³/mol. The zero-order chi connectivity index (χ0) is 14.7. The largest absolute Gasteiger partial charge is 0.327 e. The number of pyridine rings is 1. The maximum atomic E-state index is 6.16. The average molecular weight is 293 g/mol. The molecule has 2 N–H and O–H groups in total. The van der Waals surface area contributed by atoms with Gasteiger partial charge < -0.3 is 5.73 Å². The van der Waals surface area contributed by atoms with Crippen LogP contribution in [-0.2, 0) is 13.0 Å². The van der Waals surface area contributed by atoms with Gasteiger partial charge in [-0.1, -0.05) is 18.5 Å². The molecule has 2 aromatic heterocycles. The van der Waals surface area contributed by atoms with Gasteiger partial charge in [0.05, 0.1) is 17.3 Å². The van der Waals surface area contributed by atoms with Crippen LogP contribution < -0.4 is 5.73 Å². The van der Waals surface area contributed by atoms with Gasteiger partial charge in [0.25, 0.3) is 0 Å². The van der Waals surface area contributed by atoms with E-state index in [1.807, 2.05) is 17.7 Å². The number of nitrogens with two attached hydrogens (primary N) is 1. The van der Waals surface area contributed by atoms with E-state index in [9.17, 15) is 0 Å². The first kappa shape index (κ1) is 15.0. The van der Waals surface area contributed by atoms with Crippen molar-refractivity contribution in [3.05, 3.63) is 46.0 Å². The number of nitrogens with zero attached hydrogens (tertiary/aromatic N) is 3. The van der Waals surface area contributed by atoms with Crippen molar-refractivity contribution in [3.63, 3.8) is 0 Å². The van der Waals surface area contributed by atoms with Crippen LogP contribution in [0.25, 0.3) is 0 Å². The Morgan fingerprint density at radius 1 is 1.40 bits per heavy atom. The SMILES string of the molecule is CCC(N)Cc1c(C)nn(Cc2ccncc2Cl)c1C. The zero-order valence-electron chi connectivity index (χ0n) is 12.2. The minimum Gasteiger partial charge on any atom is -0.327 e. The Morgan fingerprint density at radius 3 is 2.80 bits per heavy atom. The lowest BCUT2D eigenvalue weighted by molar-refractivity contribution is 0.635. The number of hydrogen-bond acceptors (Lipinski definition) is 3. The van der Waals surface area contributed by atoms with Gasteiger partial charge in [0.2, 0.25) is 0 Å². The summed E-state index contributed by atoms with van der Waals surface area (Å²) in [6, 6.07) is 2.12. The molecule has 0 bridgehead atoms. The first-order valence-electron chi connectivity index (χ1n) is 6.89. The predicted octanol–water partition coefficient (Wildman–Crippen LogP) is 2.88. The summed E-state index contributed by atoms with van der Waals surface area (Å²) in [6.45, 7) is 6.90. The molecule has 0 saturated heterocycles. The van der Waals surface area contributed by atoms with E-state index in [0.29, 0.717) is 11.6 Å². The maximum absolute atomic E-state index is 6.16. The van der Waals surface area contributed by atoms with Crippen LogP contribution >= 0.6 is 11.6 Å². The summed E-state index contributed by atoms with van der Waals surface area (Å²) in [5.41, 5.74) is 10.6. The molecule has 2 heterocycles. The van der Waals surface area contributed by atoms with E-state index in [0.717, 1.165) is 24.1 Å². The van der Waals surface area contributed by atoms with Crippen LogP contribution in [0.1, 0.15) is 35.9 Å². The minimum absolute atomic E-state index is 0.189. The molecule has 4 nitrogen and oxygen atoms in total. The van der Waals surface area contributed by atoms with Crippen LogP contribution in [0.2, 0.25) is 5.02 Å². The second-order valence-electron chi connectivity index (χ2n) is 5.15. The lowest BCUT2D eigenvalue weighted by Gasteiger charge is -2.10. The summed E-state index contributed by atoms with van der Waals surface area (Å²) in [5, 5.41) is 5.29. The summed E-state index contributed by atoms with van der Waals surface area (Å²) in [7, 11) is 0. The number of aromatic nitrogens is 3. The Labute approximate surface area is 125 Å². The Kier molecular flexibility index (Phi) is 4.78. The van der Waals surface area contributed by atoms with E-state index in [-0.39, 0.29) is 6.04 Å². The Bertz CT molecular complexity index is 592. The Balaban J connectivity index is 2.26. The smallest absolute Gasteiger partial charge is 0.0678 e. The fourth-order valence-electron chi connectivity index (χ4n) is 2.28. The van der Waals surface area contributed by atoms with Crippen LogP contribution in [0, 0.1) is 13.8 Å². The number of hydrogen-bond donors (Lipinski definition) is 1. The molecule has 0 radical (unpaired) electrons. The first-order valence-corrected chi connectivity index (χ1v) is 7.27. The van der Waals surface area contributed by atoms with E-state index in [4.69, 9.17) is 17.3 Å². The fourth-order valence-corrected chi connectivity index (χ4v) is 2.46. The molecule has 108 valence electrons. The molecular formula is C15H21ClN4. The third kappa shape index (κ3) is 3.19. The normalized spacial score (nSPS) is 12.7. The van der Waals surface area contributed by atoms with Crippen molar-refractivity contribution in [3.8, 4) is 0 Å². The highest BCUT2D eigenvalue weighted by atomic mass is 35.5. The molecule has 2 rings (SSSR count). The fraction of sp³-hybridized carbons (Fsp3) is 0.467. The maximum Gasteiger partial charge on any atom is 0.0678 e. The van der Waals surface area contributed by atoms with Crippen LogP contribution in [0.5, 0.6) is 0 Å². The second-order valence-corrected chi connectivity index (χ2v) is 5.55. The summed E-state index contributed by atoms with van der Waals surface area (Å²) < 4.78 is 1.99. The number of rotatable bonds is 5. The summed E-state index contributed by atoms with van der Waals surface area (Å²) in [5.74, 6) is 0. The van der Waals surface area contributed by atoms with E-state index in [1.165, 1.54) is 11.3 Å². The minimum atomic E-state index is 0.189. The summed E-state index contributed by atoms with van der Waals surface area (Å²) >= 11 is 6.16. The second kappa shape index (κ2) is 6.37. The molecular weight excluding hydrogens is 272 g/mol. The average Bonchev–Trinajstić information content (AvgIpc) is 2.69. The molecule has 0 aliphatic heterocycles. The van der Waals surface area contributed by atoms with Gasteiger partial charge >= 0.3 is 0 Å². The Morgan fingerprint density at radius 2 is 2.15 bits per heavy atom. The third-order valence-electron chi connectivity index (χ3n) is 3.70. The summed E-state index contributed by atoms with van der Waals surface area (Å²) in [6.07, 6.45) is 5.26. The lowest BCUT2D eigenvalue weighted by Crippen LogP contribution is -2.22. The molecule has 5 heteroatoms. The zero-order valence-corrected chi connectivity index (χ0v) is 13.0. The molecule has 0 fully saturated rings.